The molecule has 0 aromatic carbocycles. The van der Waals surface area contributed by atoms with Crippen LogP contribution in [0.2, 0.25) is 0 Å². The molecule has 13 heavy (non-hydrogen) atoms. The van der Waals surface area contributed by atoms with Gasteiger partial charge in [-0.1, -0.05) is 5.92 Å². The van der Waals surface area contributed by atoms with E-state index in [0.29, 0.717) is 5.56 Å². The van der Waals surface area contributed by atoms with Gasteiger partial charge in [0.25, 0.3) is 0 Å². The number of terminal acetylenes is 1. The molecule has 0 N–H and O–H groups in total. The lowest BCUT2D eigenvalue weighted by Gasteiger charge is -2.04. The van der Waals surface area contributed by atoms with Gasteiger partial charge in [0.2, 0.25) is 0 Å². The van der Waals surface area contributed by atoms with Gasteiger partial charge in [-0.2, -0.15) is 18.3 Å². The fraction of sp³-hybridized carbons (Fsp3) is 0.375. The Labute approximate surface area is 73.4 Å². The molecule has 0 radical (unpaired) electrons. The number of nitrogens with zero attached hydrogens (tertiary/aromatic N) is 2. The van der Waals surface area contributed by atoms with Crippen LogP contribution in [0.4, 0.5) is 13.2 Å². The molecule has 0 saturated heterocycles. The van der Waals surface area contributed by atoms with Crippen LogP contribution in [0.25, 0.3) is 0 Å². The summed E-state index contributed by atoms with van der Waals surface area (Å²) >= 11 is 0. The van der Waals surface area contributed by atoms with Gasteiger partial charge in [0.05, 0.1) is 18.2 Å². The summed E-state index contributed by atoms with van der Waals surface area (Å²) in [6, 6.07) is 0. The highest BCUT2D eigenvalue weighted by molar-refractivity contribution is 5.25. The zero-order valence-corrected chi connectivity index (χ0v) is 6.67. The number of aromatic nitrogens is 2. The molecular formula is C8H7F3N2. The Hall–Kier alpha value is -1.44. The van der Waals surface area contributed by atoms with Crippen molar-refractivity contribution in [3.63, 3.8) is 0 Å². The lowest BCUT2D eigenvalue weighted by Crippen LogP contribution is -2.12. The second kappa shape index (κ2) is 3.52. The van der Waals surface area contributed by atoms with E-state index >= 15 is 0 Å². The minimum Gasteiger partial charge on any atom is -0.271 e. The van der Waals surface area contributed by atoms with Crippen LogP contribution in [0.3, 0.4) is 0 Å². The van der Waals surface area contributed by atoms with Gasteiger partial charge in [-0.3, -0.25) is 4.68 Å². The summed E-state index contributed by atoms with van der Waals surface area (Å²) in [4.78, 5) is 0. The van der Waals surface area contributed by atoms with Crippen LogP contribution in [0.15, 0.2) is 12.4 Å². The first kappa shape index (κ1) is 9.65. The SMILES string of the molecule is C#Cc1cnn(CCC(F)(F)F)c1. The molecule has 0 fully saturated rings. The molecule has 0 saturated carbocycles. The first-order valence-electron chi connectivity index (χ1n) is 3.57. The third-order valence-electron chi connectivity index (χ3n) is 1.42. The zero-order chi connectivity index (χ0) is 9.90. The lowest BCUT2D eigenvalue weighted by molar-refractivity contribution is -0.137. The van der Waals surface area contributed by atoms with Crippen LogP contribution in [-0.2, 0) is 6.54 Å². The van der Waals surface area contributed by atoms with E-state index in [0.717, 1.165) is 0 Å². The molecule has 1 aromatic rings. The number of halogens is 3. The molecule has 70 valence electrons. The Bertz CT molecular complexity index is 319. The van der Waals surface area contributed by atoms with Crippen molar-refractivity contribution in [1.29, 1.82) is 0 Å². The Morgan fingerprint density at radius 1 is 1.54 bits per heavy atom. The number of rotatable bonds is 2. The van der Waals surface area contributed by atoms with Crippen molar-refractivity contribution in [2.45, 2.75) is 19.1 Å². The number of hydrogen-bond donors (Lipinski definition) is 0. The molecule has 0 aliphatic carbocycles. The molecule has 1 rings (SSSR count). The third-order valence-corrected chi connectivity index (χ3v) is 1.42. The molecular weight excluding hydrogens is 181 g/mol. The van der Waals surface area contributed by atoms with E-state index in [1.165, 1.54) is 17.1 Å². The summed E-state index contributed by atoms with van der Waals surface area (Å²) in [5.74, 6) is 2.28. The fourth-order valence-electron chi connectivity index (χ4n) is 0.802. The summed E-state index contributed by atoms with van der Waals surface area (Å²) in [5, 5.41) is 3.66. The average Bonchev–Trinajstić information content (AvgIpc) is 2.47. The van der Waals surface area contributed by atoms with Crippen LogP contribution >= 0.6 is 0 Å². The zero-order valence-electron chi connectivity index (χ0n) is 6.67. The quantitative estimate of drug-likeness (QED) is 0.647. The normalized spacial score (nSPS) is 11.2. The highest BCUT2D eigenvalue weighted by Gasteiger charge is 2.26. The van der Waals surface area contributed by atoms with E-state index in [1.807, 2.05) is 0 Å². The Morgan fingerprint density at radius 3 is 2.69 bits per heavy atom. The predicted octanol–water partition coefficient (Wildman–Crippen LogP) is 1.82. The summed E-state index contributed by atoms with van der Waals surface area (Å²) in [5.41, 5.74) is 0.488. The minimum absolute atomic E-state index is 0.189. The van der Waals surface area contributed by atoms with Crippen molar-refractivity contribution in [1.82, 2.24) is 9.78 Å². The van der Waals surface area contributed by atoms with Gasteiger partial charge in [0.15, 0.2) is 0 Å². The Morgan fingerprint density at radius 2 is 2.23 bits per heavy atom. The first-order valence-corrected chi connectivity index (χ1v) is 3.57. The van der Waals surface area contributed by atoms with Crippen LogP contribution in [0.5, 0.6) is 0 Å². The molecule has 1 aromatic heterocycles. The van der Waals surface area contributed by atoms with Gasteiger partial charge in [-0.25, -0.2) is 0 Å². The Balaban J connectivity index is 2.52. The van der Waals surface area contributed by atoms with E-state index in [-0.39, 0.29) is 6.54 Å². The van der Waals surface area contributed by atoms with Crippen LogP contribution in [0, 0.1) is 12.3 Å². The highest BCUT2D eigenvalue weighted by Crippen LogP contribution is 2.19. The monoisotopic (exact) mass is 188 g/mol. The number of aryl methyl sites for hydroxylation is 1. The fourth-order valence-corrected chi connectivity index (χ4v) is 0.802. The Kier molecular flexibility index (Phi) is 2.61. The summed E-state index contributed by atoms with van der Waals surface area (Å²) in [6.07, 6.45) is 2.74. The van der Waals surface area contributed by atoms with Gasteiger partial charge in [-0.15, -0.1) is 6.42 Å². The maximum Gasteiger partial charge on any atom is 0.390 e. The van der Waals surface area contributed by atoms with Crippen molar-refractivity contribution in [3.8, 4) is 12.3 Å². The second-order valence-electron chi connectivity index (χ2n) is 2.50. The molecule has 5 heteroatoms. The summed E-state index contributed by atoms with van der Waals surface area (Å²) < 4.78 is 36.4. The van der Waals surface area contributed by atoms with Crippen LogP contribution in [-0.4, -0.2) is 16.0 Å². The maximum absolute atomic E-state index is 11.7. The molecule has 0 aliphatic heterocycles. The average molecular weight is 188 g/mol. The van der Waals surface area contributed by atoms with E-state index in [2.05, 4.69) is 11.0 Å². The predicted molar refractivity (Wildman–Crippen MR) is 40.8 cm³/mol. The van der Waals surface area contributed by atoms with Gasteiger partial charge in [0, 0.05) is 12.7 Å². The number of alkyl halides is 3. The standard InChI is InChI=1S/C8H7F3N2/c1-2-7-5-12-13(6-7)4-3-8(9,10)11/h1,5-6H,3-4H2. The van der Waals surface area contributed by atoms with E-state index in [4.69, 9.17) is 6.42 Å². The molecule has 0 amide bonds. The second-order valence-corrected chi connectivity index (χ2v) is 2.50. The molecule has 0 spiro atoms. The first-order chi connectivity index (χ1) is 6.01. The van der Waals surface area contributed by atoms with Gasteiger partial charge < -0.3 is 0 Å². The minimum atomic E-state index is -4.15. The largest absolute Gasteiger partial charge is 0.390 e. The topological polar surface area (TPSA) is 17.8 Å². The van der Waals surface area contributed by atoms with E-state index in [1.54, 1.807) is 0 Å². The summed E-state index contributed by atoms with van der Waals surface area (Å²) in [6.45, 7) is -0.189. The molecule has 0 bridgehead atoms. The van der Waals surface area contributed by atoms with Gasteiger partial charge in [-0.05, 0) is 0 Å². The molecule has 0 aliphatic rings. The van der Waals surface area contributed by atoms with Crippen molar-refractivity contribution in [3.05, 3.63) is 18.0 Å². The van der Waals surface area contributed by atoms with Crippen LogP contribution in [0.1, 0.15) is 12.0 Å². The van der Waals surface area contributed by atoms with E-state index < -0.39 is 12.6 Å². The molecule has 0 atom stereocenters. The molecule has 0 unspecified atom stereocenters. The summed E-state index contributed by atoms with van der Waals surface area (Å²) in [7, 11) is 0. The smallest absolute Gasteiger partial charge is 0.271 e. The maximum atomic E-state index is 11.7. The van der Waals surface area contributed by atoms with E-state index in [9.17, 15) is 13.2 Å². The van der Waals surface area contributed by atoms with Crippen molar-refractivity contribution in [2.24, 2.45) is 0 Å². The van der Waals surface area contributed by atoms with Gasteiger partial charge >= 0.3 is 6.18 Å². The highest BCUT2D eigenvalue weighted by atomic mass is 19.4. The van der Waals surface area contributed by atoms with Crippen molar-refractivity contribution in [2.75, 3.05) is 0 Å². The lowest BCUT2D eigenvalue weighted by atomic mass is 10.4. The molecule has 1 heterocycles. The van der Waals surface area contributed by atoms with Gasteiger partial charge in [0.1, 0.15) is 0 Å². The van der Waals surface area contributed by atoms with Crippen LogP contribution < -0.4 is 0 Å². The third kappa shape index (κ3) is 3.20. The van der Waals surface area contributed by atoms with Crippen molar-refractivity contribution < 1.29 is 13.2 Å². The molecule has 2 nitrogen and oxygen atoms in total. The number of hydrogen-bond acceptors (Lipinski definition) is 1. The van der Waals surface area contributed by atoms with Crippen molar-refractivity contribution >= 4 is 0 Å².